The second kappa shape index (κ2) is 5.42. The lowest BCUT2D eigenvalue weighted by Gasteiger charge is -2.45. The Morgan fingerprint density at radius 2 is 2.04 bits per heavy atom. The van der Waals surface area contributed by atoms with Crippen LogP contribution in [0.1, 0.15) is 12.0 Å². The van der Waals surface area contributed by atoms with Crippen LogP contribution in [0.5, 0.6) is 5.75 Å². The summed E-state index contributed by atoms with van der Waals surface area (Å²) in [6, 6.07) is 6.33. The molecule has 0 radical (unpaired) electrons. The average molecular weight is 338 g/mol. The van der Waals surface area contributed by atoms with E-state index in [0.29, 0.717) is 19.8 Å². The van der Waals surface area contributed by atoms with Gasteiger partial charge in [0.1, 0.15) is 30.3 Å². The van der Waals surface area contributed by atoms with Crippen molar-refractivity contribution in [3.05, 3.63) is 42.5 Å². The van der Waals surface area contributed by atoms with E-state index in [-0.39, 0.29) is 18.0 Å². The molecule has 3 aliphatic heterocycles. The number of ether oxygens (including phenoxy) is 3. The van der Waals surface area contributed by atoms with Gasteiger partial charge in [-0.05, 0) is 17.7 Å². The maximum atomic E-state index is 6.27. The lowest BCUT2D eigenvalue weighted by molar-refractivity contribution is -0.0726. The van der Waals surface area contributed by atoms with Crippen LogP contribution in [0, 0.1) is 5.92 Å². The number of nitrogens with zero attached hydrogens (tertiary/aromatic N) is 3. The Morgan fingerprint density at radius 1 is 1.16 bits per heavy atom. The predicted octanol–water partition coefficient (Wildman–Crippen LogP) is 1.48. The van der Waals surface area contributed by atoms with Gasteiger partial charge < -0.3 is 19.9 Å². The van der Waals surface area contributed by atoms with Gasteiger partial charge in [-0.25, -0.2) is 15.0 Å². The molecule has 1 aromatic heterocycles. The van der Waals surface area contributed by atoms with E-state index >= 15 is 0 Å². The summed E-state index contributed by atoms with van der Waals surface area (Å²) in [5.41, 5.74) is 8.28. The molecule has 1 saturated heterocycles. The van der Waals surface area contributed by atoms with Crippen molar-refractivity contribution in [1.82, 2.24) is 9.97 Å². The van der Waals surface area contributed by atoms with E-state index in [4.69, 9.17) is 24.9 Å². The fourth-order valence-corrected chi connectivity index (χ4v) is 4.04. The molecule has 1 fully saturated rings. The van der Waals surface area contributed by atoms with E-state index in [1.165, 1.54) is 6.33 Å². The molecule has 0 saturated carbocycles. The van der Waals surface area contributed by atoms with Crippen LogP contribution >= 0.6 is 0 Å². The van der Waals surface area contributed by atoms with Crippen molar-refractivity contribution in [3.8, 4) is 16.9 Å². The van der Waals surface area contributed by atoms with E-state index in [1.54, 1.807) is 12.4 Å². The van der Waals surface area contributed by atoms with Gasteiger partial charge in [0.05, 0.1) is 19.1 Å². The third-order valence-corrected chi connectivity index (χ3v) is 5.27. The SMILES string of the molecule is NC1=N[C@@]2(CO1)c1cc(-c3cncnc3)ccc1O[C@@H]1CCOC[C@H]12. The second-order valence-corrected chi connectivity index (χ2v) is 6.63. The Hall–Kier alpha value is -2.67. The second-order valence-electron chi connectivity index (χ2n) is 6.63. The number of nitrogens with two attached hydrogens (primary N) is 1. The normalized spacial score (nSPS) is 30.0. The molecular weight excluding hydrogens is 320 g/mol. The van der Waals surface area contributed by atoms with Crippen molar-refractivity contribution >= 4 is 6.02 Å². The van der Waals surface area contributed by atoms with Crippen LogP contribution in [0.4, 0.5) is 0 Å². The first kappa shape index (κ1) is 14.7. The summed E-state index contributed by atoms with van der Waals surface area (Å²) in [5.74, 6) is 0.919. The Bertz CT molecular complexity index is 841. The third-order valence-electron chi connectivity index (χ3n) is 5.27. The molecule has 3 aliphatic rings. The van der Waals surface area contributed by atoms with Crippen molar-refractivity contribution < 1.29 is 14.2 Å². The number of fused-ring (bicyclic) bond motifs is 4. The van der Waals surface area contributed by atoms with Crippen LogP contribution in [-0.2, 0) is 15.0 Å². The van der Waals surface area contributed by atoms with Gasteiger partial charge in [-0.2, -0.15) is 0 Å². The Kier molecular flexibility index (Phi) is 3.18. The number of aromatic nitrogens is 2. The van der Waals surface area contributed by atoms with Crippen molar-refractivity contribution in [3.63, 3.8) is 0 Å². The summed E-state index contributed by atoms with van der Waals surface area (Å²) >= 11 is 0. The largest absolute Gasteiger partial charge is 0.489 e. The smallest absolute Gasteiger partial charge is 0.283 e. The van der Waals surface area contributed by atoms with E-state index in [9.17, 15) is 0 Å². The van der Waals surface area contributed by atoms with Crippen molar-refractivity contribution in [2.45, 2.75) is 18.1 Å². The molecule has 5 rings (SSSR count). The minimum Gasteiger partial charge on any atom is -0.489 e. The highest BCUT2D eigenvalue weighted by molar-refractivity contribution is 5.75. The summed E-state index contributed by atoms with van der Waals surface area (Å²) in [6.45, 7) is 1.70. The topological polar surface area (TPSA) is 91.9 Å². The van der Waals surface area contributed by atoms with Gasteiger partial charge in [0.25, 0.3) is 6.02 Å². The molecule has 0 aliphatic carbocycles. The minimum atomic E-state index is -0.561. The van der Waals surface area contributed by atoms with Crippen molar-refractivity contribution in [1.29, 1.82) is 0 Å². The monoisotopic (exact) mass is 338 g/mol. The molecule has 0 unspecified atom stereocenters. The lowest BCUT2D eigenvalue weighted by atomic mass is 9.72. The fourth-order valence-electron chi connectivity index (χ4n) is 4.04. The van der Waals surface area contributed by atoms with Crippen LogP contribution in [0.3, 0.4) is 0 Å². The molecule has 2 aromatic rings. The highest BCUT2D eigenvalue weighted by Gasteiger charge is 2.54. The summed E-state index contributed by atoms with van der Waals surface area (Å²) in [6.07, 6.45) is 6.01. The van der Waals surface area contributed by atoms with Gasteiger partial charge in [0.2, 0.25) is 0 Å². The number of hydrogen-bond donors (Lipinski definition) is 1. The van der Waals surface area contributed by atoms with Crippen LogP contribution in [-0.4, -0.2) is 41.9 Å². The van der Waals surface area contributed by atoms with E-state index in [2.05, 4.69) is 16.0 Å². The quantitative estimate of drug-likeness (QED) is 0.847. The summed E-state index contributed by atoms with van der Waals surface area (Å²) in [4.78, 5) is 12.9. The average Bonchev–Trinajstić information content (AvgIpc) is 3.05. The van der Waals surface area contributed by atoms with E-state index < -0.39 is 5.54 Å². The molecule has 128 valence electrons. The van der Waals surface area contributed by atoms with Gasteiger partial charge >= 0.3 is 0 Å². The first-order valence-corrected chi connectivity index (χ1v) is 8.39. The molecule has 7 heteroatoms. The standard InChI is InChI=1S/C18H18N4O3/c19-17-22-18(9-24-17)13-5-11(12-6-20-10-21-7-12)1-2-15(13)25-16-3-4-23-8-14(16)18/h1-2,5-7,10,14,16H,3-4,8-9H2,(H2,19,22)/t14-,16-,18+/m1/s1. The third kappa shape index (κ3) is 2.19. The molecule has 25 heavy (non-hydrogen) atoms. The lowest BCUT2D eigenvalue weighted by Crippen LogP contribution is -2.52. The van der Waals surface area contributed by atoms with Crippen LogP contribution in [0.2, 0.25) is 0 Å². The molecule has 0 amide bonds. The first-order valence-electron chi connectivity index (χ1n) is 8.39. The Balaban J connectivity index is 1.68. The van der Waals surface area contributed by atoms with Crippen LogP contribution in [0.25, 0.3) is 11.1 Å². The summed E-state index contributed by atoms with van der Waals surface area (Å²) < 4.78 is 17.6. The van der Waals surface area contributed by atoms with E-state index in [0.717, 1.165) is 28.9 Å². The molecule has 2 N–H and O–H groups in total. The summed E-state index contributed by atoms with van der Waals surface area (Å²) in [5, 5.41) is 0. The molecule has 1 spiro atoms. The highest BCUT2D eigenvalue weighted by Crippen LogP contribution is 2.50. The Morgan fingerprint density at radius 3 is 2.84 bits per heavy atom. The first-order chi connectivity index (χ1) is 12.3. The molecule has 0 bridgehead atoms. The molecule has 7 nitrogen and oxygen atoms in total. The number of hydrogen-bond acceptors (Lipinski definition) is 7. The Labute approximate surface area is 144 Å². The maximum absolute atomic E-state index is 6.27. The zero-order valence-electron chi connectivity index (χ0n) is 13.6. The van der Waals surface area contributed by atoms with Crippen molar-refractivity contribution in [2.24, 2.45) is 16.6 Å². The fraction of sp³-hybridized carbons (Fsp3) is 0.389. The molecule has 4 heterocycles. The number of benzene rings is 1. The van der Waals surface area contributed by atoms with Crippen LogP contribution < -0.4 is 10.5 Å². The molecule has 3 atom stereocenters. The maximum Gasteiger partial charge on any atom is 0.283 e. The summed E-state index contributed by atoms with van der Waals surface area (Å²) in [7, 11) is 0. The van der Waals surface area contributed by atoms with Gasteiger partial charge in [-0.1, -0.05) is 6.07 Å². The van der Waals surface area contributed by atoms with Crippen LogP contribution in [0.15, 0.2) is 41.9 Å². The highest BCUT2D eigenvalue weighted by atomic mass is 16.5. The number of rotatable bonds is 1. The van der Waals surface area contributed by atoms with Crippen molar-refractivity contribution in [2.75, 3.05) is 19.8 Å². The van der Waals surface area contributed by atoms with Gasteiger partial charge in [-0.3, -0.25) is 0 Å². The number of amidine groups is 1. The van der Waals surface area contributed by atoms with Gasteiger partial charge in [0.15, 0.2) is 0 Å². The predicted molar refractivity (Wildman–Crippen MR) is 90.1 cm³/mol. The van der Waals surface area contributed by atoms with Gasteiger partial charge in [0, 0.05) is 29.9 Å². The molecular formula is C18H18N4O3. The molecule has 1 aromatic carbocycles. The number of aliphatic imine (C=N–C) groups is 1. The minimum absolute atomic E-state index is 0.0606. The van der Waals surface area contributed by atoms with Gasteiger partial charge in [-0.15, -0.1) is 0 Å². The zero-order chi connectivity index (χ0) is 16.9. The van der Waals surface area contributed by atoms with E-state index in [1.807, 2.05) is 12.1 Å². The zero-order valence-corrected chi connectivity index (χ0v) is 13.6.